The third kappa shape index (κ3) is 4.19. The van der Waals surface area contributed by atoms with Crippen molar-refractivity contribution >= 4 is 29.4 Å². The van der Waals surface area contributed by atoms with E-state index < -0.39 is 29.2 Å². The summed E-state index contributed by atoms with van der Waals surface area (Å²) >= 11 is 6.06. The highest BCUT2D eigenvalue weighted by atomic mass is 35.5. The Morgan fingerprint density at radius 1 is 1.36 bits per heavy atom. The maximum Gasteiger partial charge on any atom is 0.325 e. The van der Waals surface area contributed by atoms with Crippen molar-refractivity contribution in [3.63, 3.8) is 0 Å². The minimum Gasteiger partial charge on any atom is -0.354 e. The number of carbonyl (C=O) groups is 3. The van der Waals surface area contributed by atoms with Crippen molar-refractivity contribution in [3.8, 4) is 0 Å². The number of allylic oxidation sites excluding steroid dienone is 1. The first-order valence-electron chi connectivity index (χ1n) is 9.35. The van der Waals surface area contributed by atoms with Crippen LogP contribution in [0.25, 0.3) is 0 Å². The molecule has 1 heterocycles. The quantitative estimate of drug-likeness (QED) is 0.561. The van der Waals surface area contributed by atoms with E-state index in [2.05, 4.69) is 16.7 Å². The molecule has 1 aromatic carbocycles. The van der Waals surface area contributed by atoms with Crippen LogP contribution in [0.1, 0.15) is 44.6 Å². The first-order chi connectivity index (χ1) is 13.3. The minimum atomic E-state index is -1.45. The van der Waals surface area contributed by atoms with E-state index >= 15 is 0 Å². The molecule has 4 amide bonds. The average molecular weight is 408 g/mol. The maximum atomic E-state index is 13.3. The Balaban J connectivity index is 1.61. The zero-order valence-electron chi connectivity index (χ0n) is 15.7. The Morgan fingerprint density at radius 3 is 2.82 bits per heavy atom. The lowest BCUT2D eigenvalue weighted by Gasteiger charge is -2.23. The van der Waals surface area contributed by atoms with Crippen molar-refractivity contribution in [2.45, 2.75) is 44.6 Å². The van der Waals surface area contributed by atoms with Crippen LogP contribution in [0.15, 0.2) is 29.8 Å². The van der Waals surface area contributed by atoms with Gasteiger partial charge in [0.05, 0.1) is 0 Å². The molecule has 0 aromatic heterocycles. The fraction of sp³-hybridized carbons (Fsp3) is 0.450. The van der Waals surface area contributed by atoms with Crippen molar-refractivity contribution in [3.05, 3.63) is 46.3 Å². The van der Waals surface area contributed by atoms with E-state index in [-0.39, 0.29) is 17.1 Å². The molecule has 0 spiro atoms. The number of imide groups is 1. The molecular weight excluding hydrogens is 385 g/mol. The summed E-state index contributed by atoms with van der Waals surface area (Å²) < 4.78 is 13.3. The van der Waals surface area contributed by atoms with Crippen LogP contribution in [0, 0.1) is 5.82 Å². The standard InChI is InChI=1S/C20H23ClFN3O3/c1-20(15-8-7-14(22)11-16(15)21)18(27)25(19(28)24-20)12-17(26)23-10-9-13-5-3-2-4-6-13/h5,7-8,11H,2-4,6,9-10,12H2,1H3,(H,23,26)(H,24,28). The Labute approximate surface area is 168 Å². The van der Waals surface area contributed by atoms with E-state index in [1.54, 1.807) is 0 Å². The second-order valence-corrected chi connectivity index (χ2v) is 7.69. The van der Waals surface area contributed by atoms with Crippen molar-refractivity contribution in [1.29, 1.82) is 0 Å². The van der Waals surface area contributed by atoms with Crippen LogP contribution < -0.4 is 10.6 Å². The molecule has 1 atom stereocenters. The summed E-state index contributed by atoms with van der Waals surface area (Å²) in [6.45, 7) is 1.58. The molecule has 0 bridgehead atoms. The van der Waals surface area contributed by atoms with E-state index in [9.17, 15) is 18.8 Å². The molecule has 8 heteroatoms. The predicted octanol–water partition coefficient (Wildman–Crippen LogP) is 3.25. The molecule has 1 aliphatic heterocycles. The Bertz CT molecular complexity index is 842. The third-order valence-electron chi connectivity index (χ3n) is 5.20. The molecule has 2 N–H and O–H groups in total. The second kappa shape index (κ2) is 8.31. The van der Waals surface area contributed by atoms with E-state index in [1.807, 2.05) is 0 Å². The van der Waals surface area contributed by atoms with Gasteiger partial charge < -0.3 is 10.6 Å². The summed E-state index contributed by atoms with van der Waals surface area (Å²) in [5, 5.41) is 5.35. The highest BCUT2D eigenvalue weighted by Crippen LogP contribution is 2.33. The Morgan fingerprint density at radius 2 is 2.14 bits per heavy atom. The fourth-order valence-electron chi connectivity index (χ4n) is 3.61. The minimum absolute atomic E-state index is 0.0307. The third-order valence-corrected chi connectivity index (χ3v) is 5.51. The average Bonchev–Trinajstić information content (AvgIpc) is 2.86. The van der Waals surface area contributed by atoms with Gasteiger partial charge in [-0.15, -0.1) is 0 Å². The summed E-state index contributed by atoms with van der Waals surface area (Å²) in [7, 11) is 0. The largest absolute Gasteiger partial charge is 0.354 e. The predicted molar refractivity (Wildman–Crippen MR) is 103 cm³/mol. The molecule has 1 aliphatic carbocycles. The van der Waals surface area contributed by atoms with Gasteiger partial charge in [-0.3, -0.25) is 14.5 Å². The molecule has 2 aliphatic rings. The van der Waals surface area contributed by atoms with Crippen LogP contribution in [0.4, 0.5) is 9.18 Å². The van der Waals surface area contributed by atoms with E-state index in [1.165, 1.54) is 37.5 Å². The molecule has 3 rings (SSSR count). The smallest absolute Gasteiger partial charge is 0.325 e. The molecule has 1 saturated heterocycles. The number of urea groups is 1. The summed E-state index contributed by atoms with van der Waals surface area (Å²) in [5.41, 5.74) is 0.163. The van der Waals surface area contributed by atoms with Gasteiger partial charge in [-0.2, -0.15) is 0 Å². The van der Waals surface area contributed by atoms with E-state index in [4.69, 9.17) is 11.6 Å². The first kappa shape index (κ1) is 20.3. The lowest BCUT2D eigenvalue weighted by Crippen LogP contribution is -2.43. The van der Waals surface area contributed by atoms with Crippen LogP contribution >= 0.6 is 11.6 Å². The van der Waals surface area contributed by atoms with Crippen molar-refractivity contribution in [2.24, 2.45) is 0 Å². The summed E-state index contributed by atoms with van der Waals surface area (Å²) in [5.74, 6) is -1.55. The second-order valence-electron chi connectivity index (χ2n) is 7.28. The van der Waals surface area contributed by atoms with Gasteiger partial charge in [-0.25, -0.2) is 9.18 Å². The number of benzene rings is 1. The molecular formula is C20H23ClFN3O3. The van der Waals surface area contributed by atoms with Gasteiger partial charge in [0.1, 0.15) is 17.9 Å². The molecule has 6 nitrogen and oxygen atoms in total. The molecule has 0 radical (unpaired) electrons. The van der Waals surface area contributed by atoms with Crippen molar-refractivity contribution in [1.82, 2.24) is 15.5 Å². The van der Waals surface area contributed by atoms with Gasteiger partial charge in [0.2, 0.25) is 5.91 Å². The lowest BCUT2D eigenvalue weighted by atomic mass is 9.92. The number of carbonyl (C=O) groups excluding carboxylic acids is 3. The molecule has 28 heavy (non-hydrogen) atoms. The lowest BCUT2D eigenvalue weighted by molar-refractivity contribution is -0.134. The number of amides is 4. The molecule has 0 saturated carbocycles. The monoisotopic (exact) mass is 407 g/mol. The Hall–Kier alpha value is -2.41. The summed E-state index contributed by atoms with van der Waals surface area (Å²) in [6, 6.07) is 2.92. The van der Waals surface area contributed by atoms with Crippen LogP contribution in [-0.4, -0.2) is 35.8 Å². The summed E-state index contributed by atoms with van der Waals surface area (Å²) in [4.78, 5) is 38.2. The number of hydrogen-bond donors (Lipinski definition) is 2. The number of halogens is 2. The maximum absolute atomic E-state index is 13.3. The van der Waals surface area contributed by atoms with Crippen LogP contribution in [0.3, 0.4) is 0 Å². The van der Waals surface area contributed by atoms with Gasteiger partial charge in [0.25, 0.3) is 5.91 Å². The van der Waals surface area contributed by atoms with Crippen LogP contribution in [-0.2, 0) is 15.1 Å². The molecule has 1 aromatic rings. The number of nitrogens with zero attached hydrogens (tertiary/aromatic N) is 1. The van der Waals surface area contributed by atoms with Gasteiger partial charge in [-0.1, -0.05) is 29.3 Å². The molecule has 1 unspecified atom stereocenters. The topological polar surface area (TPSA) is 78.5 Å². The molecule has 1 fully saturated rings. The van der Waals surface area contributed by atoms with Crippen LogP contribution in [0.5, 0.6) is 0 Å². The zero-order chi connectivity index (χ0) is 20.3. The zero-order valence-corrected chi connectivity index (χ0v) is 16.4. The number of rotatable bonds is 6. The fourth-order valence-corrected chi connectivity index (χ4v) is 3.97. The number of nitrogens with one attached hydrogen (secondary N) is 2. The highest BCUT2D eigenvalue weighted by Gasteiger charge is 2.50. The first-order valence-corrected chi connectivity index (χ1v) is 9.73. The summed E-state index contributed by atoms with van der Waals surface area (Å²) in [6.07, 6.45) is 7.50. The molecule has 150 valence electrons. The van der Waals surface area contributed by atoms with Gasteiger partial charge in [0.15, 0.2) is 0 Å². The van der Waals surface area contributed by atoms with Crippen LogP contribution in [0.2, 0.25) is 5.02 Å². The van der Waals surface area contributed by atoms with Gasteiger partial charge in [0, 0.05) is 17.1 Å². The van der Waals surface area contributed by atoms with Crippen molar-refractivity contribution < 1.29 is 18.8 Å². The SMILES string of the molecule is CC1(c2ccc(F)cc2Cl)NC(=O)N(CC(=O)NCCC2=CCCCC2)C1=O. The van der Waals surface area contributed by atoms with Crippen molar-refractivity contribution in [2.75, 3.05) is 13.1 Å². The van der Waals surface area contributed by atoms with E-state index in [0.29, 0.717) is 6.54 Å². The Kier molecular flexibility index (Phi) is 6.03. The van der Waals surface area contributed by atoms with E-state index in [0.717, 1.165) is 30.2 Å². The highest BCUT2D eigenvalue weighted by molar-refractivity contribution is 6.32. The number of hydrogen-bond acceptors (Lipinski definition) is 3. The normalized spacial score (nSPS) is 22.1. The van der Waals surface area contributed by atoms with Gasteiger partial charge >= 0.3 is 6.03 Å². The van der Waals surface area contributed by atoms with Gasteiger partial charge in [-0.05, 0) is 51.2 Å².